The Balaban J connectivity index is 1.75. The smallest absolute Gasteiger partial charge is 0.256 e. The zero-order chi connectivity index (χ0) is 17.4. The van der Waals surface area contributed by atoms with Gasteiger partial charge in [-0.1, -0.05) is 0 Å². The Morgan fingerprint density at radius 3 is 2.68 bits per heavy atom. The molecule has 6 heteroatoms. The van der Waals surface area contributed by atoms with Crippen molar-refractivity contribution in [3.05, 3.63) is 57.9 Å². The zero-order valence-corrected chi connectivity index (χ0v) is 13.8. The van der Waals surface area contributed by atoms with E-state index in [2.05, 4.69) is 10.6 Å². The van der Waals surface area contributed by atoms with E-state index < -0.39 is 11.6 Å². The van der Waals surface area contributed by atoms with Crippen LogP contribution >= 0.6 is 0 Å². The lowest BCUT2D eigenvalue weighted by molar-refractivity contribution is 0.102. The maximum absolute atomic E-state index is 13.4. The van der Waals surface area contributed by atoms with Crippen LogP contribution < -0.4 is 10.6 Å². The minimum absolute atomic E-state index is 0.253. The summed E-state index contributed by atoms with van der Waals surface area (Å²) in [6, 6.07) is 3.39. The molecule has 2 N–H and O–H groups in total. The lowest BCUT2D eigenvalue weighted by atomic mass is 9.87. The number of aryl methyl sites for hydroxylation is 1. The highest BCUT2D eigenvalue weighted by atomic mass is 19.2. The topological polar surface area (TPSA) is 54.0 Å². The minimum atomic E-state index is -0.974. The molecule has 1 amide bonds. The van der Waals surface area contributed by atoms with Gasteiger partial charge in [0.15, 0.2) is 11.6 Å². The molecule has 4 rings (SSSR count). The van der Waals surface area contributed by atoms with Crippen LogP contribution in [0.3, 0.4) is 0 Å². The van der Waals surface area contributed by atoms with Gasteiger partial charge in [-0.2, -0.15) is 0 Å². The largest absolute Gasteiger partial charge is 0.322 e. The number of benzene rings is 1. The maximum Gasteiger partial charge on any atom is 0.256 e. The monoisotopic (exact) mass is 343 g/mol. The fraction of sp³-hybridized carbons (Fsp3) is 0.368. The number of fused-ring (bicyclic) bond motifs is 2. The molecular weight excluding hydrogens is 324 g/mol. The highest BCUT2D eigenvalue weighted by Crippen LogP contribution is 2.30. The summed E-state index contributed by atoms with van der Waals surface area (Å²) < 4.78 is 26.5. The molecule has 2 aliphatic rings. The first-order valence-corrected chi connectivity index (χ1v) is 8.64. The Morgan fingerprint density at radius 1 is 1.04 bits per heavy atom. The molecule has 0 radical (unpaired) electrons. The summed E-state index contributed by atoms with van der Waals surface area (Å²) in [6.07, 6.45) is 4.64. The summed E-state index contributed by atoms with van der Waals surface area (Å²) in [4.78, 5) is 17.8. The highest BCUT2D eigenvalue weighted by Gasteiger charge is 2.27. The first-order valence-electron chi connectivity index (χ1n) is 8.64. The minimum Gasteiger partial charge on any atom is -0.322 e. The van der Waals surface area contributed by atoms with Crippen molar-refractivity contribution in [1.82, 2.24) is 10.3 Å². The van der Waals surface area contributed by atoms with Crippen molar-refractivity contribution in [3.8, 4) is 0 Å². The quantitative estimate of drug-likeness (QED) is 0.881. The molecule has 0 fully saturated rings. The SMILES string of the molecule is O=C(Nc1ccc(F)c(F)c1)c1c2c(nc3c1CNCC3)CCCC2. The van der Waals surface area contributed by atoms with E-state index in [1.165, 1.54) is 6.07 Å². The number of amides is 1. The third kappa shape index (κ3) is 3.02. The average Bonchev–Trinajstić information content (AvgIpc) is 2.62. The predicted octanol–water partition coefficient (Wildman–Crippen LogP) is 3.14. The van der Waals surface area contributed by atoms with E-state index in [9.17, 15) is 13.6 Å². The zero-order valence-electron chi connectivity index (χ0n) is 13.8. The summed E-state index contributed by atoms with van der Waals surface area (Å²) in [5.74, 6) is -2.18. The van der Waals surface area contributed by atoms with Gasteiger partial charge in [-0.25, -0.2) is 8.78 Å². The molecule has 0 atom stereocenters. The van der Waals surface area contributed by atoms with Crippen LogP contribution in [0.15, 0.2) is 18.2 Å². The molecular formula is C19H19F2N3O. The van der Waals surface area contributed by atoms with E-state index in [0.29, 0.717) is 12.1 Å². The molecule has 4 nitrogen and oxygen atoms in total. The third-order valence-corrected chi connectivity index (χ3v) is 4.91. The van der Waals surface area contributed by atoms with E-state index in [0.717, 1.165) is 73.3 Å². The molecule has 1 aliphatic heterocycles. The van der Waals surface area contributed by atoms with Gasteiger partial charge in [-0.05, 0) is 43.4 Å². The second kappa shape index (κ2) is 6.52. The van der Waals surface area contributed by atoms with Gasteiger partial charge >= 0.3 is 0 Å². The van der Waals surface area contributed by atoms with Gasteiger partial charge in [0.05, 0.1) is 5.56 Å². The number of anilines is 1. The van der Waals surface area contributed by atoms with Crippen LogP contribution in [0.25, 0.3) is 0 Å². The van der Waals surface area contributed by atoms with Gasteiger partial charge < -0.3 is 10.6 Å². The van der Waals surface area contributed by atoms with Crippen molar-refractivity contribution in [2.45, 2.75) is 38.6 Å². The standard InChI is InChI=1S/C19H19F2N3O/c20-14-6-5-11(9-15(14)21)23-19(25)18-12-3-1-2-4-16(12)24-17-7-8-22-10-13(17)18/h5-6,9,22H,1-4,7-8,10H2,(H,23,25). The van der Waals surface area contributed by atoms with Gasteiger partial charge in [0.2, 0.25) is 0 Å². The van der Waals surface area contributed by atoms with Crippen LogP contribution in [0, 0.1) is 11.6 Å². The number of hydrogen-bond donors (Lipinski definition) is 2. The second-order valence-electron chi connectivity index (χ2n) is 6.55. The van der Waals surface area contributed by atoms with E-state index in [-0.39, 0.29) is 11.6 Å². The van der Waals surface area contributed by atoms with Crippen LogP contribution in [-0.4, -0.2) is 17.4 Å². The van der Waals surface area contributed by atoms with Gasteiger partial charge in [0.1, 0.15) is 0 Å². The van der Waals surface area contributed by atoms with Crippen LogP contribution in [-0.2, 0) is 25.8 Å². The molecule has 0 saturated heterocycles. The average molecular weight is 343 g/mol. The number of aromatic nitrogens is 1. The summed E-state index contributed by atoms with van der Waals surface area (Å²) >= 11 is 0. The highest BCUT2D eigenvalue weighted by molar-refractivity contribution is 6.06. The Bertz CT molecular complexity index is 817. The van der Waals surface area contributed by atoms with E-state index >= 15 is 0 Å². The van der Waals surface area contributed by atoms with Crippen molar-refractivity contribution in [2.24, 2.45) is 0 Å². The Morgan fingerprint density at radius 2 is 1.84 bits per heavy atom. The van der Waals surface area contributed by atoms with Crippen LogP contribution in [0.5, 0.6) is 0 Å². The molecule has 1 aromatic heterocycles. The van der Waals surface area contributed by atoms with Gasteiger partial charge in [-0.3, -0.25) is 9.78 Å². The summed E-state index contributed by atoms with van der Waals surface area (Å²) in [6.45, 7) is 1.46. The third-order valence-electron chi connectivity index (χ3n) is 4.91. The number of rotatable bonds is 2. The normalized spacial score (nSPS) is 16.1. The molecule has 130 valence electrons. The molecule has 2 heterocycles. The molecule has 0 spiro atoms. The number of nitrogens with zero attached hydrogens (tertiary/aromatic N) is 1. The molecule has 0 saturated carbocycles. The number of halogens is 2. The van der Waals surface area contributed by atoms with Crippen LogP contribution in [0.4, 0.5) is 14.5 Å². The predicted molar refractivity (Wildman–Crippen MR) is 90.6 cm³/mol. The first-order chi connectivity index (χ1) is 12.1. The number of carbonyl (C=O) groups excluding carboxylic acids is 1. The van der Waals surface area contributed by atoms with Crippen molar-refractivity contribution < 1.29 is 13.6 Å². The summed E-state index contributed by atoms with van der Waals surface area (Å²) in [5, 5.41) is 6.02. The number of pyridine rings is 1. The van der Waals surface area contributed by atoms with Gasteiger partial charge in [0, 0.05) is 48.2 Å². The Kier molecular flexibility index (Phi) is 4.21. The molecule has 0 bridgehead atoms. The number of hydrogen-bond acceptors (Lipinski definition) is 3. The van der Waals surface area contributed by atoms with Crippen molar-refractivity contribution in [1.29, 1.82) is 0 Å². The lowest BCUT2D eigenvalue weighted by Crippen LogP contribution is -2.30. The van der Waals surface area contributed by atoms with E-state index in [1.807, 2.05) is 0 Å². The van der Waals surface area contributed by atoms with Crippen molar-refractivity contribution in [2.75, 3.05) is 11.9 Å². The number of carbonyl (C=O) groups is 1. The van der Waals surface area contributed by atoms with E-state index in [1.54, 1.807) is 0 Å². The van der Waals surface area contributed by atoms with Crippen molar-refractivity contribution >= 4 is 11.6 Å². The van der Waals surface area contributed by atoms with E-state index in [4.69, 9.17) is 4.98 Å². The summed E-state index contributed by atoms with van der Waals surface area (Å²) in [7, 11) is 0. The van der Waals surface area contributed by atoms with Gasteiger partial charge in [-0.15, -0.1) is 0 Å². The Labute approximate surface area is 144 Å². The lowest BCUT2D eigenvalue weighted by Gasteiger charge is -2.26. The van der Waals surface area contributed by atoms with Crippen LogP contribution in [0.1, 0.15) is 45.7 Å². The maximum atomic E-state index is 13.4. The molecule has 0 unspecified atom stereocenters. The molecule has 25 heavy (non-hydrogen) atoms. The second-order valence-corrected chi connectivity index (χ2v) is 6.55. The van der Waals surface area contributed by atoms with Crippen molar-refractivity contribution in [3.63, 3.8) is 0 Å². The fourth-order valence-corrected chi connectivity index (χ4v) is 3.70. The fourth-order valence-electron chi connectivity index (χ4n) is 3.70. The Hall–Kier alpha value is -2.34. The molecule has 1 aliphatic carbocycles. The number of nitrogens with one attached hydrogen (secondary N) is 2. The first kappa shape index (κ1) is 16.1. The molecule has 2 aromatic rings. The van der Waals surface area contributed by atoms with Gasteiger partial charge in [0.25, 0.3) is 5.91 Å². The summed E-state index contributed by atoms with van der Waals surface area (Å²) in [5.41, 5.74) is 4.86. The molecule has 1 aromatic carbocycles. The van der Waals surface area contributed by atoms with Crippen LogP contribution in [0.2, 0.25) is 0 Å².